The fraction of sp³-hybridized carbons (Fsp3) is 0.412. The molecule has 0 aromatic heterocycles. The number of carbonyl (C=O) groups is 2. The molecule has 1 fully saturated rings. The van der Waals surface area contributed by atoms with Gasteiger partial charge in [-0.05, 0) is 57.5 Å². The molecule has 1 aliphatic carbocycles. The Hall–Kier alpha value is -1.61. The maximum atomic E-state index is 12.8. The van der Waals surface area contributed by atoms with Crippen molar-refractivity contribution < 1.29 is 14.3 Å². The van der Waals surface area contributed by atoms with Crippen molar-refractivity contribution >= 4 is 23.4 Å². The quantitative estimate of drug-likeness (QED) is 0.478. The molecule has 0 N–H and O–H groups in total. The highest BCUT2D eigenvalue weighted by molar-refractivity contribution is 6.30. The van der Waals surface area contributed by atoms with Gasteiger partial charge in [0.1, 0.15) is 0 Å². The fourth-order valence-electron chi connectivity index (χ4n) is 2.98. The highest BCUT2D eigenvalue weighted by atomic mass is 35.5. The van der Waals surface area contributed by atoms with Crippen molar-refractivity contribution in [3.05, 3.63) is 46.0 Å². The predicted octanol–water partition coefficient (Wildman–Crippen LogP) is 4.06. The van der Waals surface area contributed by atoms with Crippen LogP contribution >= 0.6 is 11.6 Å². The monoisotopic (exact) mass is 306 g/mol. The molecule has 0 saturated heterocycles. The summed E-state index contributed by atoms with van der Waals surface area (Å²) in [4.78, 5) is 24.9. The van der Waals surface area contributed by atoms with Crippen LogP contribution in [0.3, 0.4) is 0 Å². The Morgan fingerprint density at radius 2 is 1.81 bits per heavy atom. The van der Waals surface area contributed by atoms with E-state index < -0.39 is 11.3 Å². The Balaban J connectivity index is 2.36. The maximum Gasteiger partial charge on any atom is 0.314 e. The van der Waals surface area contributed by atoms with Crippen molar-refractivity contribution in [1.29, 1.82) is 0 Å². The zero-order valence-electron chi connectivity index (χ0n) is 12.7. The van der Waals surface area contributed by atoms with Crippen molar-refractivity contribution in [2.75, 3.05) is 6.61 Å². The molecule has 1 aliphatic rings. The molecule has 4 heteroatoms. The van der Waals surface area contributed by atoms with Gasteiger partial charge in [-0.2, -0.15) is 0 Å². The summed E-state index contributed by atoms with van der Waals surface area (Å²) in [7, 11) is 0. The first-order chi connectivity index (χ1) is 9.83. The zero-order chi connectivity index (χ0) is 15.8. The molecule has 21 heavy (non-hydrogen) atoms. The van der Waals surface area contributed by atoms with Gasteiger partial charge in [0, 0.05) is 10.6 Å². The van der Waals surface area contributed by atoms with Gasteiger partial charge in [-0.25, -0.2) is 0 Å². The SMILES string of the molecule is CCOC(=O)C1C(=C(C)C)C1(C)C(=O)c1ccc(Cl)cc1. The second-order valence-electron chi connectivity index (χ2n) is 5.64. The van der Waals surface area contributed by atoms with E-state index in [1.807, 2.05) is 20.8 Å². The predicted molar refractivity (Wildman–Crippen MR) is 82.4 cm³/mol. The van der Waals surface area contributed by atoms with Crippen LogP contribution in [0.2, 0.25) is 5.02 Å². The van der Waals surface area contributed by atoms with Crippen LogP contribution in [-0.2, 0) is 9.53 Å². The number of benzene rings is 1. The van der Waals surface area contributed by atoms with Crippen LogP contribution in [0.15, 0.2) is 35.4 Å². The van der Waals surface area contributed by atoms with E-state index in [1.54, 1.807) is 31.2 Å². The standard InChI is InChI=1S/C17H19ClO3/c1-5-21-16(20)14-13(10(2)3)17(14,4)15(19)11-6-8-12(18)9-7-11/h6-9,14H,5H2,1-4H3. The van der Waals surface area contributed by atoms with Gasteiger partial charge in [0.05, 0.1) is 17.9 Å². The van der Waals surface area contributed by atoms with E-state index in [4.69, 9.17) is 16.3 Å². The minimum Gasteiger partial charge on any atom is -0.465 e. The van der Waals surface area contributed by atoms with Crippen LogP contribution < -0.4 is 0 Å². The molecule has 1 aromatic carbocycles. The van der Waals surface area contributed by atoms with E-state index in [0.29, 0.717) is 17.2 Å². The van der Waals surface area contributed by atoms with E-state index in [-0.39, 0.29) is 11.8 Å². The molecule has 2 rings (SSSR count). The second kappa shape index (κ2) is 5.64. The van der Waals surface area contributed by atoms with Crippen LogP contribution in [0.4, 0.5) is 0 Å². The molecule has 2 atom stereocenters. The van der Waals surface area contributed by atoms with Gasteiger partial charge in [-0.3, -0.25) is 9.59 Å². The van der Waals surface area contributed by atoms with Crippen LogP contribution in [0, 0.1) is 11.3 Å². The number of halogens is 1. The summed E-state index contributed by atoms with van der Waals surface area (Å²) in [6, 6.07) is 6.75. The lowest BCUT2D eigenvalue weighted by molar-refractivity contribution is -0.145. The summed E-state index contributed by atoms with van der Waals surface area (Å²) in [5, 5.41) is 0.580. The number of carbonyl (C=O) groups excluding carboxylic acids is 2. The Morgan fingerprint density at radius 1 is 1.24 bits per heavy atom. The number of rotatable bonds is 4. The number of hydrogen-bond donors (Lipinski definition) is 0. The van der Waals surface area contributed by atoms with Crippen LogP contribution in [0.5, 0.6) is 0 Å². The highest BCUT2D eigenvalue weighted by Gasteiger charge is 2.66. The van der Waals surface area contributed by atoms with E-state index in [0.717, 1.165) is 11.1 Å². The Kier molecular flexibility index (Phi) is 4.24. The fourth-order valence-corrected chi connectivity index (χ4v) is 3.11. The normalized spacial score (nSPS) is 23.7. The molecule has 1 saturated carbocycles. The van der Waals surface area contributed by atoms with E-state index in [2.05, 4.69) is 0 Å². The molecule has 0 bridgehead atoms. The second-order valence-corrected chi connectivity index (χ2v) is 6.07. The number of hydrogen-bond acceptors (Lipinski definition) is 3. The maximum absolute atomic E-state index is 12.8. The van der Waals surface area contributed by atoms with Gasteiger partial charge in [0.25, 0.3) is 0 Å². The average molecular weight is 307 g/mol. The lowest BCUT2D eigenvalue weighted by Gasteiger charge is -2.09. The number of Topliss-reactive ketones (excluding diaryl/α,β-unsaturated/α-hetero) is 1. The molecule has 0 aliphatic heterocycles. The topological polar surface area (TPSA) is 43.4 Å². The summed E-state index contributed by atoms with van der Waals surface area (Å²) in [6.45, 7) is 7.73. The van der Waals surface area contributed by atoms with E-state index in [9.17, 15) is 9.59 Å². The van der Waals surface area contributed by atoms with Gasteiger partial charge in [-0.15, -0.1) is 0 Å². The minimum atomic E-state index is -0.793. The molecule has 0 heterocycles. The van der Waals surface area contributed by atoms with Crippen LogP contribution in [0.25, 0.3) is 0 Å². The highest BCUT2D eigenvalue weighted by Crippen LogP contribution is 2.61. The third kappa shape index (κ3) is 2.62. The van der Waals surface area contributed by atoms with Gasteiger partial charge in [-0.1, -0.05) is 17.2 Å². The van der Waals surface area contributed by atoms with Gasteiger partial charge in [0.15, 0.2) is 5.78 Å². The number of esters is 1. The first-order valence-corrected chi connectivity index (χ1v) is 7.36. The van der Waals surface area contributed by atoms with Crippen molar-refractivity contribution in [3.63, 3.8) is 0 Å². The molecule has 112 valence electrons. The molecule has 0 spiro atoms. The summed E-state index contributed by atoms with van der Waals surface area (Å²) in [5.74, 6) is -0.849. The number of ether oxygens (including phenoxy) is 1. The molecule has 0 radical (unpaired) electrons. The smallest absolute Gasteiger partial charge is 0.314 e. The van der Waals surface area contributed by atoms with Gasteiger partial charge in [0.2, 0.25) is 0 Å². The largest absolute Gasteiger partial charge is 0.465 e. The summed E-state index contributed by atoms with van der Waals surface area (Å²) < 4.78 is 5.10. The van der Waals surface area contributed by atoms with Crippen LogP contribution in [0.1, 0.15) is 38.1 Å². The van der Waals surface area contributed by atoms with Crippen molar-refractivity contribution in [2.45, 2.75) is 27.7 Å². The lowest BCUT2D eigenvalue weighted by Crippen LogP contribution is -2.20. The van der Waals surface area contributed by atoms with Gasteiger partial charge < -0.3 is 4.74 Å². The first-order valence-electron chi connectivity index (χ1n) is 6.98. The van der Waals surface area contributed by atoms with Crippen LogP contribution in [-0.4, -0.2) is 18.4 Å². The molecule has 2 unspecified atom stereocenters. The van der Waals surface area contributed by atoms with Crippen molar-refractivity contribution in [3.8, 4) is 0 Å². The third-order valence-electron chi connectivity index (χ3n) is 3.98. The van der Waals surface area contributed by atoms with Crippen molar-refractivity contribution in [2.24, 2.45) is 11.3 Å². The Bertz CT molecular complexity index is 611. The lowest BCUT2D eigenvalue weighted by atomic mass is 9.93. The molecule has 0 amide bonds. The number of ketones is 1. The molecular formula is C17H19ClO3. The summed E-state index contributed by atoms with van der Waals surface area (Å²) >= 11 is 5.85. The summed E-state index contributed by atoms with van der Waals surface area (Å²) in [6.07, 6.45) is 0. The van der Waals surface area contributed by atoms with E-state index in [1.165, 1.54) is 0 Å². The van der Waals surface area contributed by atoms with Gasteiger partial charge >= 0.3 is 5.97 Å². The summed E-state index contributed by atoms with van der Waals surface area (Å²) in [5.41, 5.74) is 1.64. The van der Waals surface area contributed by atoms with Crippen molar-refractivity contribution in [1.82, 2.24) is 0 Å². The molecule has 3 nitrogen and oxygen atoms in total. The molecule has 1 aromatic rings. The number of allylic oxidation sites excluding steroid dienone is 1. The first kappa shape index (κ1) is 15.8. The molecular weight excluding hydrogens is 288 g/mol. The minimum absolute atomic E-state index is 0.0616. The third-order valence-corrected chi connectivity index (χ3v) is 4.23. The Morgan fingerprint density at radius 3 is 2.29 bits per heavy atom. The Labute approximate surface area is 129 Å². The average Bonchev–Trinajstić information content (AvgIpc) is 3.07. The van der Waals surface area contributed by atoms with E-state index >= 15 is 0 Å². The zero-order valence-corrected chi connectivity index (χ0v) is 13.5.